The molecule has 0 aliphatic heterocycles. The molecule has 0 fully saturated rings. The fraction of sp³-hybridized carbons (Fsp3) is 0.364. The van der Waals surface area contributed by atoms with Gasteiger partial charge in [-0.25, -0.2) is 9.97 Å². The molecule has 0 aliphatic carbocycles. The standard InChI is InChI=1S/C11H14N4OS/c1-6-8-7(5-17-6)13-9(11(16)12-2)14-10(8)15(3)4/h5H,1-4H3,(H,12,16). The topological polar surface area (TPSA) is 58.1 Å². The molecule has 2 heterocycles. The molecule has 90 valence electrons. The summed E-state index contributed by atoms with van der Waals surface area (Å²) < 4.78 is 0. The van der Waals surface area contributed by atoms with E-state index in [1.165, 1.54) is 0 Å². The smallest absolute Gasteiger partial charge is 0.288 e. The second-order valence-corrected chi connectivity index (χ2v) is 4.98. The van der Waals surface area contributed by atoms with Crippen molar-refractivity contribution < 1.29 is 4.79 Å². The predicted octanol–water partition coefficient (Wildman–Crippen LogP) is 1.43. The van der Waals surface area contributed by atoms with E-state index < -0.39 is 0 Å². The third kappa shape index (κ3) is 1.95. The SMILES string of the molecule is CNC(=O)c1nc(N(C)C)c2c(C)scc2n1. The Morgan fingerprint density at radius 3 is 2.71 bits per heavy atom. The Labute approximate surface area is 103 Å². The minimum absolute atomic E-state index is 0.210. The quantitative estimate of drug-likeness (QED) is 0.876. The van der Waals surface area contributed by atoms with E-state index in [1.807, 2.05) is 31.3 Å². The maximum absolute atomic E-state index is 11.6. The first-order valence-electron chi connectivity index (χ1n) is 5.20. The summed E-state index contributed by atoms with van der Waals surface area (Å²) in [5.41, 5.74) is 0.824. The molecular formula is C11H14N4OS. The fourth-order valence-electron chi connectivity index (χ4n) is 1.63. The maximum atomic E-state index is 11.6. The molecule has 2 rings (SSSR count). The number of hydrogen-bond acceptors (Lipinski definition) is 5. The lowest BCUT2D eigenvalue weighted by molar-refractivity contribution is 0.0953. The van der Waals surface area contributed by atoms with Gasteiger partial charge in [0.15, 0.2) is 0 Å². The summed E-state index contributed by atoms with van der Waals surface area (Å²) in [6, 6.07) is 0. The van der Waals surface area contributed by atoms with E-state index in [4.69, 9.17) is 0 Å². The van der Waals surface area contributed by atoms with Crippen LogP contribution < -0.4 is 10.2 Å². The van der Waals surface area contributed by atoms with E-state index in [1.54, 1.807) is 18.4 Å². The highest BCUT2D eigenvalue weighted by Crippen LogP contribution is 2.30. The summed E-state index contributed by atoms with van der Waals surface area (Å²) in [6.45, 7) is 2.03. The lowest BCUT2D eigenvalue weighted by Crippen LogP contribution is -2.22. The Kier molecular flexibility index (Phi) is 2.97. The van der Waals surface area contributed by atoms with Gasteiger partial charge < -0.3 is 10.2 Å². The van der Waals surface area contributed by atoms with Crippen LogP contribution in [0.1, 0.15) is 15.5 Å². The van der Waals surface area contributed by atoms with Crippen molar-refractivity contribution >= 4 is 34.0 Å². The minimum atomic E-state index is -0.265. The molecule has 6 heteroatoms. The number of nitrogens with one attached hydrogen (secondary N) is 1. The Balaban J connectivity index is 2.73. The van der Waals surface area contributed by atoms with Crippen molar-refractivity contribution in [1.82, 2.24) is 15.3 Å². The van der Waals surface area contributed by atoms with Gasteiger partial charge in [-0.15, -0.1) is 11.3 Å². The fourth-order valence-corrected chi connectivity index (χ4v) is 2.40. The zero-order valence-electron chi connectivity index (χ0n) is 10.2. The van der Waals surface area contributed by atoms with Gasteiger partial charge in [0.25, 0.3) is 5.91 Å². The number of thiophene rings is 1. The molecule has 0 bridgehead atoms. The van der Waals surface area contributed by atoms with Crippen LogP contribution in [0.25, 0.3) is 10.9 Å². The van der Waals surface area contributed by atoms with Crippen LogP contribution in [0.3, 0.4) is 0 Å². The molecule has 0 atom stereocenters. The Hall–Kier alpha value is -1.69. The number of rotatable bonds is 2. The molecule has 0 radical (unpaired) electrons. The van der Waals surface area contributed by atoms with E-state index in [9.17, 15) is 4.79 Å². The molecule has 0 saturated heterocycles. The number of nitrogens with zero attached hydrogens (tertiary/aromatic N) is 3. The van der Waals surface area contributed by atoms with Crippen molar-refractivity contribution in [3.05, 3.63) is 16.1 Å². The molecule has 0 unspecified atom stereocenters. The van der Waals surface area contributed by atoms with Crippen LogP contribution in [0.4, 0.5) is 5.82 Å². The van der Waals surface area contributed by atoms with Gasteiger partial charge in [0.2, 0.25) is 5.82 Å². The van der Waals surface area contributed by atoms with E-state index in [-0.39, 0.29) is 11.7 Å². The molecule has 17 heavy (non-hydrogen) atoms. The molecule has 5 nitrogen and oxygen atoms in total. The highest BCUT2D eigenvalue weighted by molar-refractivity contribution is 7.11. The number of carbonyl (C=O) groups excluding carboxylic acids is 1. The average molecular weight is 250 g/mol. The van der Waals surface area contributed by atoms with Gasteiger partial charge >= 0.3 is 0 Å². The van der Waals surface area contributed by atoms with E-state index in [0.29, 0.717) is 0 Å². The molecule has 2 aromatic heterocycles. The van der Waals surface area contributed by atoms with E-state index in [0.717, 1.165) is 21.6 Å². The lowest BCUT2D eigenvalue weighted by atomic mass is 10.3. The molecule has 1 amide bonds. The van der Waals surface area contributed by atoms with Crippen LogP contribution in [-0.2, 0) is 0 Å². The molecule has 2 aromatic rings. The number of aromatic nitrogens is 2. The first-order valence-corrected chi connectivity index (χ1v) is 6.07. The first kappa shape index (κ1) is 11.8. The van der Waals surface area contributed by atoms with Crippen LogP contribution >= 0.6 is 11.3 Å². The van der Waals surface area contributed by atoms with Crippen LogP contribution in [-0.4, -0.2) is 37.0 Å². The number of carbonyl (C=O) groups is 1. The summed E-state index contributed by atoms with van der Waals surface area (Å²) in [7, 11) is 5.39. The second-order valence-electron chi connectivity index (χ2n) is 3.90. The summed E-state index contributed by atoms with van der Waals surface area (Å²) in [6.07, 6.45) is 0. The van der Waals surface area contributed by atoms with Gasteiger partial charge in [-0.05, 0) is 6.92 Å². The lowest BCUT2D eigenvalue weighted by Gasteiger charge is -2.13. The first-order chi connectivity index (χ1) is 8.04. The van der Waals surface area contributed by atoms with Gasteiger partial charge in [0.05, 0.1) is 10.9 Å². The van der Waals surface area contributed by atoms with Gasteiger partial charge in [0.1, 0.15) is 5.82 Å². The summed E-state index contributed by atoms with van der Waals surface area (Å²) in [4.78, 5) is 23.2. The van der Waals surface area contributed by atoms with Crippen LogP contribution in [0.2, 0.25) is 0 Å². The number of anilines is 1. The summed E-state index contributed by atoms with van der Waals surface area (Å²) in [5, 5.41) is 5.51. The largest absolute Gasteiger partial charge is 0.362 e. The third-order valence-corrected chi connectivity index (χ3v) is 3.37. The van der Waals surface area contributed by atoms with Gasteiger partial charge in [-0.2, -0.15) is 0 Å². The minimum Gasteiger partial charge on any atom is -0.362 e. The summed E-state index contributed by atoms with van der Waals surface area (Å²) >= 11 is 1.62. The number of aryl methyl sites for hydroxylation is 1. The van der Waals surface area contributed by atoms with Crippen molar-refractivity contribution in [3.63, 3.8) is 0 Å². The molecule has 0 saturated carbocycles. The number of hydrogen-bond donors (Lipinski definition) is 1. The zero-order chi connectivity index (χ0) is 12.6. The zero-order valence-corrected chi connectivity index (χ0v) is 11.1. The molecule has 0 spiro atoms. The van der Waals surface area contributed by atoms with Crippen LogP contribution in [0.15, 0.2) is 5.38 Å². The Bertz CT molecular complexity index is 576. The molecule has 0 aliphatic rings. The van der Waals surface area contributed by atoms with Crippen molar-refractivity contribution in [2.75, 3.05) is 26.0 Å². The average Bonchev–Trinajstić information content (AvgIpc) is 2.69. The highest BCUT2D eigenvalue weighted by atomic mass is 32.1. The third-order valence-electron chi connectivity index (χ3n) is 2.47. The summed E-state index contributed by atoms with van der Waals surface area (Å²) in [5.74, 6) is 0.729. The van der Waals surface area contributed by atoms with Gasteiger partial charge in [-0.3, -0.25) is 4.79 Å². The molecule has 0 aromatic carbocycles. The Morgan fingerprint density at radius 1 is 1.41 bits per heavy atom. The number of amides is 1. The normalized spacial score (nSPS) is 10.6. The second kappa shape index (κ2) is 4.29. The molecular weight excluding hydrogens is 236 g/mol. The van der Waals surface area contributed by atoms with Gasteiger partial charge in [-0.1, -0.05) is 0 Å². The van der Waals surface area contributed by atoms with Crippen LogP contribution in [0, 0.1) is 6.92 Å². The maximum Gasteiger partial charge on any atom is 0.288 e. The molecule has 1 N–H and O–H groups in total. The predicted molar refractivity (Wildman–Crippen MR) is 69.9 cm³/mol. The van der Waals surface area contributed by atoms with Crippen molar-refractivity contribution in [2.45, 2.75) is 6.92 Å². The van der Waals surface area contributed by atoms with Gasteiger partial charge in [0, 0.05) is 31.4 Å². The number of fused-ring (bicyclic) bond motifs is 1. The van der Waals surface area contributed by atoms with E-state index in [2.05, 4.69) is 15.3 Å². The van der Waals surface area contributed by atoms with Crippen molar-refractivity contribution in [1.29, 1.82) is 0 Å². The van der Waals surface area contributed by atoms with Crippen molar-refractivity contribution in [3.8, 4) is 0 Å². The highest BCUT2D eigenvalue weighted by Gasteiger charge is 2.16. The van der Waals surface area contributed by atoms with Crippen molar-refractivity contribution in [2.24, 2.45) is 0 Å². The monoisotopic (exact) mass is 250 g/mol. The van der Waals surface area contributed by atoms with Crippen LogP contribution in [0.5, 0.6) is 0 Å². The Morgan fingerprint density at radius 2 is 2.12 bits per heavy atom. The van der Waals surface area contributed by atoms with E-state index >= 15 is 0 Å².